The first-order chi connectivity index (χ1) is 10.3. The van der Waals surface area contributed by atoms with E-state index in [1.807, 2.05) is 35.7 Å². The average Bonchev–Trinajstić information content (AvgIpc) is 3.03. The maximum atomic E-state index is 12.0. The molecule has 0 aliphatic carbocycles. The van der Waals surface area contributed by atoms with Crippen LogP contribution in [0.3, 0.4) is 0 Å². The lowest BCUT2D eigenvalue weighted by Crippen LogP contribution is -2.51. The number of nitrogens with one attached hydrogen (secondary N) is 2. The Morgan fingerprint density at radius 1 is 1.41 bits per heavy atom. The van der Waals surface area contributed by atoms with Crippen molar-refractivity contribution in [3.8, 4) is 10.6 Å². The van der Waals surface area contributed by atoms with Gasteiger partial charge in [-0.15, -0.1) is 23.7 Å². The summed E-state index contributed by atoms with van der Waals surface area (Å²) in [5.74, 6) is -0.0380. The van der Waals surface area contributed by atoms with Crippen molar-refractivity contribution in [1.82, 2.24) is 15.6 Å². The molecule has 1 saturated heterocycles. The first-order valence-corrected chi connectivity index (χ1v) is 7.79. The third-order valence-corrected chi connectivity index (χ3v) is 4.19. The molecule has 0 saturated carbocycles. The van der Waals surface area contributed by atoms with E-state index in [0.29, 0.717) is 26.3 Å². The van der Waals surface area contributed by atoms with E-state index in [9.17, 15) is 4.79 Å². The monoisotopic (exact) mass is 339 g/mol. The first-order valence-electron chi connectivity index (χ1n) is 6.91. The van der Waals surface area contributed by atoms with E-state index in [4.69, 9.17) is 4.74 Å². The molecule has 0 bridgehead atoms. The van der Waals surface area contributed by atoms with Crippen LogP contribution in [0.15, 0.2) is 35.7 Å². The van der Waals surface area contributed by atoms with Crippen LogP contribution in [0.2, 0.25) is 0 Å². The fourth-order valence-corrected chi connectivity index (χ4v) is 2.96. The zero-order chi connectivity index (χ0) is 14.5. The Balaban J connectivity index is 0.00000176. The number of amides is 1. The van der Waals surface area contributed by atoms with Crippen LogP contribution >= 0.6 is 23.7 Å². The van der Waals surface area contributed by atoms with Gasteiger partial charge < -0.3 is 15.4 Å². The third kappa shape index (κ3) is 4.27. The highest BCUT2D eigenvalue weighted by Gasteiger charge is 2.20. The van der Waals surface area contributed by atoms with E-state index in [-0.39, 0.29) is 24.4 Å². The summed E-state index contributed by atoms with van der Waals surface area (Å²) in [7, 11) is 0. The highest BCUT2D eigenvalue weighted by atomic mass is 35.5. The number of rotatable bonds is 4. The van der Waals surface area contributed by atoms with Gasteiger partial charge in [0.1, 0.15) is 11.0 Å². The van der Waals surface area contributed by atoms with E-state index in [2.05, 4.69) is 15.6 Å². The minimum Gasteiger partial charge on any atom is -0.378 e. The van der Waals surface area contributed by atoms with E-state index < -0.39 is 0 Å². The Morgan fingerprint density at radius 2 is 2.23 bits per heavy atom. The number of thiazole rings is 1. The number of benzene rings is 1. The minimum atomic E-state index is -0.258. The molecule has 1 amide bonds. The van der Waals surface area contributed by atoms with Gasteiger partial charge in [0.2, 0.25) is 5.91 Å². The van der Waals surface area contributed by atoms with Gasteiger partial charge in [0.25, 0.3) is 0 Å². The second kappa shape index (κ2) is 8.24. The van der Waals surface area contributed by atoms with Crippen LogP contribution < -0.4 is 10.6 Å². The standard InChI is InChI=1S/C15H17N3O2S.ClH/c19-14(13-9-20-7-6-16-13)17-8-12-10-21-15(18-12)11-4-2-1-3-5-11;/h1-5,10,13,16H,6-9H2,(H,17,19);1H. The van der Waals surface area contributed by atoms with Crippen LogP contribution in [0.25, 0.3) is 10.6 Å². The summed E-state index contributed by atoms with van der Waals surface area (Å²) in [4.78, 5) is 16.5. The molecule has 5 nitrogen and oxygen atoms in total. The zero-order valence-corrected chi connectivity index (χ0v) is 13.6. The Morgan fingerprint density at radius 3 is 2.95 bits per heavy atom. The van der Waals surface area contributed by atoms with E-state index in [0.717, 1.165) is 16.3 Å². The number of hydrogen-bond acceptors (Lipinski definition) is 5. The fourth-order valence-electron chi connectivity index (χ4n) is 2.14. The molecule has 1 atom stereocenters. The second-order valence-corrected chi connectivity index (χ2v) is 5.67. The summed E-state index contributed by atoms with van der Waals surface area (Å²) < 4.78 is 5.28. The summed E-state index contributed by atoms with van der Waals surface area (Å²) in [6.07, 6.45) is 0. The minimum absolute atomic E-state index is 0. The van der Waals surface area contributed by atoms with Crippen molar-refractivity contribution in [2.75, 3.05) is 19.8 Å². The van der Waals surface area contributed by atoms with Crippen molar-refractivity contribution in [2.45, 2.75) is 12.6 Å². The lowest BCUT2D eigenvalue weighted by molar-refractivity contribution is -0.126. The van der Waals surface area contributed by atoms with Gasteiger partial charge >= 0.3 is 0 Å². The van der Waals surface area contributed by atoms with Crippen molar-refractivity contribution < 1.29 is 9.53 Å². The number of hydrogen-bond donors (Lipinski definition) is 2. The molecule has 1 aliphatic rings. The molecule has 22 heavy (non-hydrogen) atoms. The van der Waals surface area contributed by atoms with Gasteiger partial charge in [-0.2, -0.15) is 0 Å². The molecule has 1 aromatic carbocycles. The summed E-state index contributed by atoms with van der Waals surface area (Å²) in [5.41, 5.74) is 1.98. The molecule has 1 aromatic heterocycles. The molecule has 2 aromatic rings. The predicted octanol–water partition coefficient (Wildman–Crippen LogP) is 1.84. The molecule has 0 radical (unpaired) electrons. The van der Waals surface area contributed by atoms with E-state index in [1.165, 1.54) is 0 Å². The molecule has 1 fully saturated rings. The average molecular weight is 340 g/mol. The maximum absolute atomic E-state index is 12.0. The van der Waals surface area contributed by atoms with Crippen molar-refractivity contribution >= 4 is 29.7 Å². The van der Waals surface area contributed by atoms with Crippen LogP contribution in [0.1, 0.15) is 5.69 Å². The lowest BCUT2D eigenvalue weighted by Gasteiger charge is -2.22. The van der Waals surface area contributed by atoms with Gasteiger partial charge in [-0.05, 0) is 0 Å². The van der Waals surface area contributed by atoms with Gasteiger partial charge in [-0.1, -0.05) is 30.3 Å². The van der Waals surface area contributed by atoms with Crippen LogP contribution in [-0.2, 0) is 16.1 Å². The Hall–Kier alpha value is -1.47. The largest absolute Gasteiger partial charge is 0.378 e. The molecule has 1 unspecified atom stereocenters. The summed E-state index contributed by atoms with van der Waals surface area (Å²) in [6.45, 7) is 2.25. The number of morpholine rings is 1. The molecule has 2 heterocycles. The van der Waals surface area contributed by atoms with Gasteiger partial charge in [-0.25, -0.2) is 4.98 Å². The number of ether oxygens (including phenoxy) is 1. The Labute approximate surface area is 139 Å². The van der Waals surface area contributed by atoms with Gasteiger partial charge in [0, 0.05) is 17.5 Å². The first kappa shape index (κ1) is 16.9. The van der Waals surface area contributed by atoms with Crippen LogP contribution in [0.5, 0.6) is 0 Å². The number of carbonyl (C=O) groups excluding carboxylic acids is 1. The summed E-state index contributed by atoms with van der Waals surface area (Å²) in [5, 5.41) is 8.98. The molecule has 7 heteroatoms. The van der Waals surface area contributed by atoms with Crippen molar-refractivity contribution in [1.29, 1.82) is 0 Å². The number of nitrogens with zero attached hydrogens (tertiary/aromatic N) is 1. The van der Waals surface area contributed by atoms with Crippen LogP contribution in [-0.4, -0.2) is 36.7 Å². The Kier molecular flexibility index (Phi) is 6.33. The number of carbonyl (C=O) groups is 1. The zero-order valence-electron chi connectivity index (χ0n) is 12.0. The Bertz CT molecular complexity index is 600. The van der Waals surface area contributed by atoms with Crippen LogP contribution in [0.4, 0.5) is 0 Å². The molecule has 0 spiro atoms. The maximum Gasteiger partial charge on any atom is 0.239 e. The smallest absolute Gasteiger partial charge is 0.239 e. The number of halogens is 1. The molecule has 1 aliphatic heterocycles. The summed E-state index contributed by atoms with van der Waals surface area (Å²) >= 11 is 1.59. The SMILES string of the molecule is Cl.O=C(NCc1csc(-c2ccccc2)n1)C1COCCN1. The molecule has 2 N–H and O–H groups in total. The molecule has 118 valence electrons. The topological polar surface area (TPSA) is 63.2 Å². The third-order valence-electron chi connectivity index (χ3n) is 3.25. The van der Waals surface area contributed by atoms with Gasteiger partial charge in [-0.3, -0.25) is 4.79 Å². The molecule has 3 rings (SSSR count). The van der Waals surface area contributed by atoms with Gasteiger partial charge in [0.05, 0.1) is 25.5 Å². The van der Waals surface area contributed by atoms with Crippen molar-refractivity contribution in [3.63, 3.8) is 0 Å². The van der Waals surface area contributed by atoms with Crippen molar-refractivity contribution in [2.24, 2.45) is 0 Å². The van der Waals surface area contributed by atoms with E-state index >= 15 is 0 Å². The predicted molar refractivity (Wildman–Crippen MR) is 89.3 cm³/mol. The summed E-state index contributed by atoms with van der Waals surface area (Å²) in [6, 6.07) is 9.78. The fraction of sp³-hybridized carbons (Fsp3) is 0.333. The molecular formula is C15H18ClN3O2S. The highest BCUT2D eigenvalue weighted by molar-refractivity contribution is 7.13. The van der Waals surface area contributed by atoms with Crippen molar-refractivity contribution in [3.05, 3.63) is 41.4 Å². The lowest BCUT2D eigenvalue weighted by atomic mass is 10.2. The van der Waals surface area contributed by atoms with Crippen LogP contribution in [0, 0.1) is 0 Å². The second-order valence-electron chi connectivity index (χ2n) is 4.81. The van der Waals surface area contributed by atoms with E-state index in [1.54, 1.807) is 11.3 Å². The molecular weight excluding hydrogens is 322 g/mol. The number of aromatic nitrogens is 1. The highest BCUT2D eigenvalue weighted by Crippen LogP contribution is 2.23. The van der Waals surface area contributed by atoms with Gasteiger partial charge in [0.15, 0.2) is 0 Å². The normalized spacial score (nSPS) is 17.5. The quantitative estimate of drug-likeness (QED) is 0.892.